The number of sulfonamides is 1. The van der Waals surface area contributed by atoms with Gasteiger partial charge < -0.3 is 9.64 Å². The second-order valence-electron chi connectivity index (χ2n) is 5.77. The highest BCUT2D eigenvalue weighted by Gasteiger charge is 2.16. The molecule has 0 heterocycles. The second kappa shape index (κ2) is 9.92. The predicted molar refractivity (Wildman–Crippen MR) is 105 cm³/mol. The molecule has 0 saturated heterocycles. The highest BCUT2D eigenvalue weighted by molar-refractivity contribution is 7.89. The smallest absolute Gasteiger partial charge is 0.242 e. The predicted octanol–water partition coefficient (Wildman–Crippen LogP) is 3.54. The van der Waals surface area contributed by atoms with E-state index in [0.29, 0.717) is 6.61 Å². The average Bonchev–Trinajstić information content (AvgIpc) is 2.65. The van der Waals surface area contributed by atoms with Crippen LogP contribution in [0, 0.1) is 0 Å². The molecule has 2 rings (SSSR count). The summed E-state index contributed by atoms with van der Waals surface area (Å²) in [5.41, 5.74) is 0.844. The fourth-order valence-electron chi connectivity index (χ4n) is 2.45. The molecule has 0 aromatic heterocycles. The van der Waals surface area contributed by atoms with Gasteiger partial charge in [0.05, 0.1) is 5.02 Å². The highest BCUT2D eigenvalue weighted by atomic mass is 35.5. The number of halogens is 1. The molecule has 26 heavy (non-hydrogen) atoms. The Morgan fingerprint density at radius 2 is 1.69 bits per heavy atom. The summed E-state index contributed by atoms with van der Waals surface area (Å²) in [5.74, 6) is 0.773. The third-order valence-corrected chi connectivity index (χ3v) is 5.99. The van der Waals surface area contributed by atoms with Gasteiger partial charge in [0.2, 0.25) is 10.0 Å². The molecule has 0 spiro atoms. The molecule has 0 saturated carbocycles. The number of benzene rings is 2. The lowest BCUT2D eigenvalue weighted by Gasteiger charge is -2.18. The van der Waals surface area contributed by atoms with Crippen molar-refractivity contribution in [1.82, 2.24) is 9.62 Å². The zero-order valence-corrected chi connectivity index (χ0v) is 16.7. The van der Waals surface area contributed by atoms with Gasteiger partial charge in [0, 0.05) is 13.1 Å². The third-order valence-electron chi connectivity index (χ3n) is 4.09. The largest absolute Gasteiger partial charge is 0.492 e. The molecular formula is C19H25ClN2O3S. The second-order valence-corrected chi connectivity index (χ2v) is 7.92. The molecule has 2 aromatic rings. The molecule has 0 atom stereocenters. The third kappa shape index (κ3) is 5.99. The number of likely N-dealkylation sites (N-methyl/N-ethyl adjacent to an activating group) is 1. The number of ether oxygens (including phenoxy) is 1. The summed E-state index contributed by atoms with van der Waals surface area (Å²) < 4.78 is 33.0. The lowest BCUT2D eigenvalue weighted by molar-refractivity contribution is 0.223. The molecule has 2 aromatic carbocycles. The van der Waals surface area contributed by atoms with Gasteiger partial charge in [0.25, 0.3) is 0 Å². The number of hydrogen-bond acceptors (Lipinski definition) is 4. The van der Waals surface area contributed by atoms with Crippen LogP contribution in [0.15, 0.2) is 53.4 Å². The maximum atomic E-state index is 12.3. The molecule has 142 valence electrons. The fourth-order valence-corrected chi connectivity index (χ4v) is 3.99. The van der Waals surface area contributed by atoms with Gasteiger partial charge >= 0.3 is 0 Å². The van der Waals surface area contributed by atoms with Crippen LogP contribution >= 0.6 is 11.6 Å². The summed E-state index contributed by atoms with van der Waals surface area (Å²) in [6.07, 6.45) is 0. The van der Waals surface area contributed by atoms with Crippen molar-refractivity contribution in [2.75, 3.05) is 26.2 Å². The molecule has 0 fully saturated rings. The van der Waals surface area contributed by atoms with Gasteiger partial charge in [0.1, 0.15) is 17.3 Å². The van der Waals surface area contributed by atoms with Gasteiger partial charge in [-0.15, -0.1) is 0 Å². The Labute approximate surface area is 161 Å². The van der Waals surface area contributed by atoms with Crippen LogP contribution in [0.3, 0.4) is 0 Å². The molecule has 0 bridgehead atoms. The monoisotopic (exact) mass is 396 g/mol. The van der Waals surface area contributed by atoms with E-state index >= 15 is 0 Å². The molecule has 0 amide bonds. The summed E-state index contributed by atoms with van der Waals surface area (Å²) >= 11 is 5.96. The van der Waals surface area contributed by atoms with E-state index in [1.165, 1.54) is 6.07 Å². The van der Waals surface area contributed by atoms with Crippen molar-refractivity contribution in [3.8, 4) is 5.75 Å². The lowest BCUT2D eigenvalue weighted by atomic mass is 10.2. The molecule has 0 aliphatic carbocycles. The Balaban J connectivity index is 1.88. The summed E-state index contributed by atoms with van der Waals surface area (Å²) in [6, 6.07) is 13.8. The van der Waals surface area contributed by atoms with Crippen molar-refractivity contribution in [2.24, 2.45) is 0 Å². The Morgan fingerprint density at radius 3 is 2.31 bits per heavy atom. The van der Waals surface area contributed by atoms with Gasteiger partial charge in [-0.1, -0.05) is 49.7 Å². The quantitative estimate of drug-likeness (QED) is 0.667. The molecule has 0 radical (unpaired) electrons. The zero-order chi connectivity index (χ0) is 19.0. The fraction of sp³-hybridized carbons (Fsp3) is 0.368. The zero-order valence-electron chi connectivity index (χ0n) is 15.1. The molecule has 1 N–H and O–H groups in total. The van der Waals surface area contributed by atoms with E-state index in [0.717, 1.165) is 30.9 Å². The molecule has 7 heteroatoms. The van der Waals surface area contributed by atoms with E-state index in [4.69, 9.17) is 16.3 Å². The minimum Gasteiger partial charge on any atom is -0.492 e. The van der Waals surface area contributed by atoms with Gasteiger partial charge in [-0.05, 0) is 42.9 Å². The van der Waals surface area contributed by atoms with Crippen LogP contribution in [0.25, 0.3) is 0 Å². The van der Waals surface area contributed by atoms with Crippen molar-refractivity contribution in [1.29, 1.82) is 0 Å². The van der Waals surface area contributed by atoms with Crippen LogP contribution in [0.5, 0.6) is 5.75 Å². The molecule has 5 nitrogen and oxygen atoms in total. The van der Waals surface area contributed by atoms with E-state index < -0.39 is 10.0 Å². The summed E-state index contributed by atoms with van der Waals surface area (Å²) in [5, 5.41) is 0.206. The topological polar surface area (TPSA) is 58.6 Å². The highest BCUT2D eigenvalue weighted by Crippen LogP contribution is 2.20. The number of hydrogen-bond donors (Lipinski definition) is 1. The van der Waals surface area contributed by atoms with Crippen LogP contribution in [0.4, 0.5) is 0 Å². The van der Waals surface area contributed by atoms with Crippen molar-refractivity contribution >= 4 is 21.6 Å². The number of nitrogens with one attached hydrogen (secondary N) is 1. The van der Waals surface area contributed by atoms with E-state index in [2.05, 4.69) is 23.5 Å². The van der Waals surface area contributed by atoms with Crippen LogP contribution in [0.1, 0.15) is 19.4 Å². The van der Waals surface area contributed by atoms with E-state index in [1.807, 2.05) is 24.3 Å². The van der Waals surface area contributed by atoms with Crippen LogP contribution in [-0.2, 0) is 16.6 Å². The molecule has 0 aliphatic heterocycles. The number of rotatable bonds is 10. The van der Waals surface area contributed by atoms with Gasteiger partial charge in [-0.3, -0.25) is 0 Å². The van der Waals surface area contributed by atoms with Crippen molar-refractivity contribution < 1.29 is 13.2 Å². The Morgan fingerprint density at radius 1 is 1.04 bits per heavy atom. The van der Waals surface area contributed by atoms with Crippen LogP contribution in [0.2, 0.25) is 5.02 Å². The van der Waals surface area contributed by atoms with E-state index in [-0.39, 0.29) is 16.5 Å². The van der Waals surface area contributed by atoms with Gasteiger partial charge in [-0.25, -0.2) is 13.1 Å². The average molecular weight is 397 g/mol. The number of nitrogens with zero attached hydrogens (tertiary/aromatic N) is 1. The normalized spacial score (nSPS) is 11.7. The first-order chi connectivity index (χ1) is 12.5. The van der Waals surface area contributed by atoms with Crippen LogP contribution in [-0.4, -0.2) is 39.6 Å². The summed E-state index contributed by atoms with van der Waals surface area (Å²) in [4.78, 5) is 2.37. The standard InChI is InChI=1S/C19H25ClN2O3S/c1-3-22(4-2)13-14-25-17-11-9-16(10-12-17)15-21-26(23,24)19-8-6-5-7-18(19)20/h5-12,21H,3-4,13-15H2,1-2H3. The first kappa shape index (κ1) is 20.7. The maximum absolute atomic E-state index is 12.3. The Kier molecular flexibility index (Phi) is 7.90. The maximum Gasteiger partial charge on any atom is 0.242 e. The van der Waals surface area contributed by atoms with Gasteiger partial charge in [0.15, 0.2) is 0 Å². The Bertz CT molecular complexity index is 791. The van der Waals surface area contributed by atoms with Crippen molar-refractivity contribution in [3.63, 3.8) is 0 Å². The van der Waals surface area contributed by atoms with E-state index in [1.54, 1.807) is 18.2 Å². The molecule has 0 aliphatic rings. The minimum atomic E-state index is -3.65. The summed E-state index contributed by atoms with van der Waals surface area (Å²) in [6.45, 7) is 7.96. The van der Waals surface area contributed by atoms with Crippen LogP contribution < -0.4 is 9.46 Å². The first-order valence-electron chi connectivity index (χ1n) is 8.64. The Hall–Kier alpha value is -1.60. The minimum absolute atomic E-state index is 0.0815. The first-order valence-corrected chi connectivity index (χ1v) is 10.5. The lowest BCUT2D eigenvalue weighted by Crippen LogP contribution is -2.27. The summed E-state index contributed by atoms with van der Waals surface area (Å²) in [7, 11) is -3.65. The van der Waals surface area contributed by atoms with E-state index in [9.17, 15) is 8.42 Å². The van der Waals surface area contributed by atoms with Crippen molar-refractivity contribution in [3.05, 3.63) is 59.1 Å². The molecule has 0 unspecified atom stereocenters. The van der Waals surface area contributed by atoms with Crippen molar-refractivity contribution in [2.45, 2.75) is 25.3 Å². The SMILES string of the molecule is CCN(CC)CCOc1ccc(CNS(=O)(=O)c2ccccc2Cl)cc1. The molecular weight excluding hydrogens is 372 g/mol. The van der Waals surface area contributed by atoms with Gasteiger partial charge in [-0.2, -0.15) is 0 Å².